The normalized spacial score (nSPS) is 11.7. The van der Waals surface area contributed by atoms with Crippen molar-refractivity contribution < 1.29 is 14.6 Å². The molecular weight excluding hydrogens is 304 g/mol. The zero-order valence-corrected chi connectivity index (χ0v) is 14.5. The van der Waals surface area contributed by atoms with Gasteiger partial charge in [-0.1, -0.05) is 29.8 Å². The summed E-state index contributed by atoms with van der Waals surface area (Å²) in [5.41, 5.74) is 4.71. The number of carbonyl (C=O) groups excluding carboxylic acids is 1. The number of amides is 2. The highest BCUT2D eigenvalue weighted by molar-refractivity contribution is 5.91. The third-order valence-corrected chi connectivity index (χ3v) is 3.87. The van der Waals surface area contributed by atoms with Crippen LogP contribution in [0, 0.1) is 20.8 Å². The van der Waals surface area contributed by atoms with Crippen molar-refractivity contribution in [1.82, 2.24) is 5.32 Å². The maximum atomic E-state index is 12.1. The van der Waals surface area contributed by atoms with Gasteiger partial charge in [0.2, 0.25) is 0 Å². The molecule has 0 saturated carbocycles. The number of hydrogen-bond donors (Lipinski definition) is 3. The SMILES string of the molecule is COc1ccc(C(O)CNC(=O)Nc2c(C)cc(C)cc2C)cc1. The number of aryl methyl sites for hydroxylation is 3. The van der Waals surface area contributed by atoms with E-state index in [9.17, 15) is 9.90 Å². The van der Waals surface area contributed by atoms with Crippen molar-refractivity contribution >= 4 is 11.7 Å². The van der Waals surface area contributed by atoms with Crippen LogP contribution >= 0.6 is 0 Å². The van der Waals surface area contributed by atoms with Gasteiger partial charge in [0.25, 0.3) is 0 Å². The molecule has 0 radical (unpaired) electrons. The van der Waals surface area contributed by atoms with Gasteiger partial charge in [0.15, 0.2) is 0 Å². The molecule has 24 heavy (non-hydrogen) atoms. The van der Waals surface area contributed by atoms with Crippen LogP contribution in [0.15, 0.2) is 36.4 Å². The second-order valence-electron chi connectivity index (χ2n) is 5.90. The van der Waals surface area contributed by atoms with Gasteiger partial charge in [-0.05, 0) is 49.6 Å². The molecule has 0 aliphatic carbocycles. The average molecular weight is 328 g/mol. The molecule has 128 valence electrons. The van der Waals surface area contributed by atoms with Gasteiger partial charge in [-0.25, -0.2) is 4.79 Å². The lowest BCUT2D eigenvalue weighted by atomic mass is 10.1. The Balaban J connectivity index is 1.93. The van der Waals surface area contributed by atoms with E-state index < -0.39 is 6.10 Å². The first-order valence-electron chi connectivity index (χ1n) is 7.85. The number of benzene rings is 2. The fraction of sp³-hybridized carbons (Fsp3) is 0.316. The molecule has 2 amide bonds. The van der Waals surface area contributed by atoms with E-state index in [0.717, 1.165) is 33.7 Å². The van der Waals surface area contributed by atoms with E-state index in [1.807, 2.05) is 32.9 Å². The molecule has 0 aliphatic heterocycles. The highest BCUT2D eigenvalue weighted by Crippen LogP contribution is 2.22. The first-order chi connectivity index (χ1) is 11.4. The molecule has 5 nitrogen and oxygen atoms in total. The number of anilines is 1. The molecule has 1 atom stereocenters. The molecule has 0 aromatic heterocycles. The Kier molecular flexibility index (Phi) is 5.82. The van der Waals surface area contributed by atoms with Crippen molar-refractivity contribution in [2.24, 2.45) is 0 Å². The van der Waals surface area contributed by atoms with E-state index in [-0.39, 0.29) is 12.6 Å². The van der Waals surface area contributed by atoms with Crippen LogP contribution in [0.2, 0.25) is 0 Å². The van der Waals surface area contributed by atoms with Gasteiger partial charge in [0.05, 0.1) is 13.2 Å². The molecule has 5 heteroatoms. The number of ether oxygens (including phenoxy) is 1. The van der Waals surface area contributed by atoms with Crippen LogP contribution in [0.4, 0.5) is 10.5 Å². The lowest BCUT2D eigenvalue weighted by Crippen LogP contribution is -2.32. The number of hydrogen-bond acceptors (Lipinski definition) is 3. The second-order valence-corrected chi connectivity index (χ2v) is 5.90. The summed E-state index contributed by atoms with van der Waals surface area (Å²) in [6.45, 7) is 6.07. The van der Waals surface area contributed by atoms with E-state index in [1.54, 1.807) is 31.4 Å². The van der Waals surface area contributed by atoms with Crippen molar-refractivity contribution in [1.29, 1.82) is 0 Å². The fourth-order valence-corrected chi connectivity index (χ4v) is 2.67. The van der Waals surface area contributed by atoms with Crippen molar-refractivity contribution in [3.8, 4) is 5.75 Å². The third kappa shape index (κ3) is 4.49. The summed E-state index contributed by atoms with van der Waals surface area (Å²) in [6, 6.07) is 10.8. The molecule has 3 N–H and O–H groups in total. The van der Waals surface area contributed by atoms with Crippen LogP contribution in [0.1, 0.15) is 28.4 Å². The van der Waals surface area contributed by atoms with Gasteiger partial charge >= 0.3 is 6.03 Å². The smallest absolute Gasteiger partial charge is 0.319 e. The lowest BCUT2D eigenvalue weighted by Gasteiger charge is -2.16. The number of aliphatic hydroxyl groups is 1. The zero-order valence-electron chi connectivity index (χ0n) is 14.5. The van der Waals surface area contributed by atoms with Crippen molar-refractivity contribution in [3.63, 3.8) is 0 Å². The summed E-state index contributed by atoms with van der Waals surface area (Å²) in [5, 5.41) is 15.7. The molecular formula is C19H24N2O3. The largest absolute Gasteiger partial charge is 0.497 e. The molecule has 0 heterocycles. The summed E-state index contributed by atoms with van der Waals surface area (Å²) >= 11 is 0. The van der Waals surface area contributed by atoms with Gasteiger partial charge in [-0.3, -0.25) is 0 Å². The second kappa shape index (κ2) is 7.84. The maximum absolute atomic E-state index is 12.1. The van der Waals surface area contributed by atoms with Crippen LogP contribution in [0.25, 0.3) is 0 Å². The summed E-state index contributed by atoms with van der Waals surface area (Å²) in [4.78, 5) is 12.1. The highest BCUT2D eigenvalue weighted by Gasteiger charge is 2.11. The standard InChI is InChI=1S/C19H24N2O3/c1-12-9-13(2)18(14(3)10-12)21-19(23)20-11-17(22)15-5-7-16(24-4)8-6-15/h5-10,17,22H,11H2,1-4H3,(H2,20,21,23). The van der Waals surface area contributed by atoms with Gasteiger partial charge in [-0.2, -0.15) is 0 Å². The number of rotatable bonds is 5. The Morgan fingerprint density at radius 2 is 1.71 bits per heavy atom. The monoisotopic (exact) mass is 328 g/mol. The fourth-order valence-electron chi connectivity index (χ4n) is 2.67. The molecule has 0 fully saturated rings. The number of carbonyl (C=O) groups is 1. The minimum atomic E-state index is -0.776. The van der Waals surface area contributed by atoms with E-state index in [1.165, 1.54) is 0 Å². The van der Waals surface area contributed by atoms with E-state index in [0.29, 0.717) is 0 Å². The van der Waals surface area contributed by atoms with E-state index >= 15 is 0 Å². The topological polar surface area (TPSA) is 70.6 Å². The van der Waals surface area contributed by atoms with E-state index in [4.69, 9.17) is 4.74 Å². The van der Waals surface area contributed by atoms with Gasteiger partial charge in [0, 0.05) is 12.2 Å². The molecule has 0 aliphatic rings. The summed E-state index contributed by atoms with van der Waals surface area (Å²) in [7, 11) is 1.59. The zero-order chi connectivity index (χ0) is 17.7. The first-order valence-corrected chi connectivity index (χ1v) is 7.85. The number of methoxy groups -OCH3 is 1. The van der Waals surface area contributed by atoms with Crippen LogP contribution in [0.3, 0.4) is 0 Å². The minimum absolute atomic E-state index is 0.127. The molecule has 2 rings (SSSR count). The molecule has 0 bridgehead atoms. The Labute approximate surface area is 142 Å². The van der Waals surface area contributed by atoms with Crippen molar-refractivity contribution in [3.05, 3.63) is 58.7 Å². The highest BCUT2D eigenvalue weighted by atomic mass is 16.5. The van der Waals surface area contributed by atoms with Crippen molar-refractivity contribution in [2.45, 2.75) is 26.9 Å². The predicted molar refractivity (Wildman–Crippen MR) is 95.6 cm³/mol. The summed E-state index contributed by atoms with van der Waals surface area (Å²) in [6.07, 6.45) is -0.776. The number of nitrogens with one attached hydrogen (secondary N) is 2. The maximum Gasteiger partial charge on any atom is 0.319 e. The minimum Gasteiger partial charge on any atom is -0.497 e. The summed E-state index contributed by atoms with van der Waals surface area (Å²) in [5.74, 6) is 0.724. The molecule has 1 unspecified atom stereocenters. The summed E-state index contributed by atoms with van der Waals surface area (Å²) < 4.78 is 5.08. The molecule has 0 saturated heterocycles. The van der Waals surface area contributed by atoms with E-state index in [2.05, 4.69) is 10.6 Å². The average Bonchev–Trinajstić information content (AvgIpc) is 2.56. The van der Waals surface area contributed by atoms with Gasteiger partial charge in [0.1, 0.15) is 5.75 Å². The quantitative estimate of drug-likeness (QED) is 0.787. The molecule has 2 aromatic rings. The van der Waals surface area contributed by atoms with Crippen molar-refractivity contribution in [2.75, 3.05) is 19.0 Å². The third-order valence-electron chi connectivity index (χ3n) is 3.87. The molecule has 0 spiro atoms. The van der Waals surface area contributed by atoms with Crippen LogP contribution in [0.5, 0.6) is 5.75 Å². The van der Waals surface area contributed by atoms with Gasteiger partial charge in [-0.15, -0.1) is 0 Å². The van der Waals surface area contributed by atoms with Crippen LogP contribution < -0.4 is 15.4 Å². The number of aliphatic hydroxyl groups excluding tert-OH is 1. The first kappa shape index (κ1) is 17.8. The Morgan fingerprint density at radius 3 is 2.25 bits per heavy atom. The Morgan fingerprint density at radius 1 is 1.12 bits per heavy atom. The number of urea groups is 1. The Bertz CT molecular complexity index is 688. The Hall–Kier alpha value is -2.53. The van der Waals surface area contributed by atoms with Crippen LogP contribution in [-0.2, 0) is 0 Å². The molecule has 2 aromatic carbocycles. The lowest BCUT2D eigenvalue weighted by molar-refractivity contribution is 0.175. The van der Waals surface area contributed by atoms with Gasteiger partial charge < -0.3 is 20.5 Å². The van der Waals surface area contributed by atoms with Crippen LogP contribution in [-0.4, -0.2) is 24.8 Å². The predicted octanol–water partition coefficient (Wildman–Crippen LogP) is 3.48.